The van der Waals surface area contributed by atoms with E-state index in [0.717, 1.165) is 29.5 Å². The molecule has 0 spiro atoms. The highest BCUT2D eigenvalue weighted by atomic mass is 79.9. The van der Waals surface area contributed by atoms with Gasteiger partial charge in [-0.2, -0.15) is 0 Å². The molecule has 1 atom stereocenters. The summed E-state index contributed by atoms with van der Waals surface area (Å²) in [5.74, 6) is 0.503. The van der Waals surface area contributed by atoms with Crippen molar-refractivity contribution in [1.29, 1.82) is 0 Å². The molecule has 1 amide bonds. The lowest BCUT2D eigenvalue weighted by Crippen LogP contribution is -2.17. The summed E-state index contributed by atoms with van der Waals surface area (Å²) in [6, 6.07) is 10.7. The summed E-state index contributed by atoms with van der Waals surface area (Å²) in [7, 11) is 0. The number of amides is 1. The number of hydrogen-bond acceptors (Lipinski definition) is 3. The fourth-order valence-electron chi connectivity index (χ4n) is 2.64. The fraction of sp³-hybridized carbons (Fsp3) is 0.316. The Kier molecular flexibility index (Phi) is 5.99. The number of aryl methyl sites for hydroxylation is 1. The van der Waals surface area contributed by atoms with Gasteiger partial charge in [-0.25, -0.2) is 0 Å². The molecule has 0 aromatic heterocycles. The summed E-state index contributed by atoms with van der Waals surface area (Å²) in [5, 5.41) is 3.47. The fourth-order valence-corrected chi connectivity index (χ4v) is 3.31. The predicted octanol–water partition coefficient (Wildman–Crippen LogP) is 5.22. The van der Waals surface area contributed by atoms with Crippen molar-refractivity contribution in [1.82, 2.24) is 0 Å². The number of nitrogens with one attached hydrogen (secondary N) is 1. The summed E-state index contributed by atoms with van der Waals surface area (Å²) in [6.07, 6.45) is 2.26. The molecule has 1 unspecified atom stereocenters. The number of halogens is 2. The van der Waals surface area contributed by atoms with E-state index in [9.17, 15) is 4.79 Å². The summed E-state index contributed by atoms with van der Waals surface area (Å²) in [6.45, 7) is 3.24. The molecule has 0 radical (unpaired) electrons. The zero-order chi connectivity index (χ0) is 17.8. The Bertz CT molecular complexity index is 775. The lowest BCUT2D eigenvalue weighted by molar-refractivity contribution is 0.0677. The van der Waals surface area contributed by atoms with Crippen molar-refractivity contribution in [3.8, 4) is 5.75 Å². The first kappa shape index (κ1) is 18.2. The van der Waals surface area contributed by atoms with Gasteiger partial charge in [0.2, 0.25) is 0 Å². The smallest absolute Gasteiger partial charge is 0.255 e. The minimum Gasteiger partial charge on any atom is -0.490 e. The first-order valence-electron chi connectivity index (χ1n) is 8.14. The number of carbonyl (C=O) groups is 1. The van der Waals surface area contributed by atoms with Crippen molar-refractivity contribution in [3.63, 3.8) is 0 Å². The number of benzene rings is 2. The van der Waals surface area contributed by atoms with Crippen LogP contribution >= 0.6 is 27.5 Å². The summed E-state index contributed by atoms with van der Waals surface area (Å²) in [4.78, 5) is 12.5. The quantitative estimate of drug-likeness (QED) is 0.716. The molecule has 0 bridgehead atoms. The van der Waals surface area contributed by atoms with Gasteiger partial charge < -0.3 is 14.8 Å². The molecular weight excluding hydrogens is 406 g/mol. The molecule has 2 aromatic carbocycles. The van der Waals surface area contributed by atoms with Crippen LogP contribution in [0.25, 0.3) is 0 Å². The number of rotatable bonds is 5. The first-order chi connectivity index (χ1) is 12.0. The van der Waals surface area contributed by atoms with E-state index in [1.807, 2.05) is 13.0 Å². The number of anilines is 1. The van der Waals surface area contributed by atoms with Gasteiger partial charge in [0.25, 0.3) is 5.91 Å². The Labute approximate surface area is 160 Å². The van der Waals surface area contributed by atoms with Crippen molar-refractivity contribution in [2.24, 2.45) is 0 Å². The molecule has 1 fully saturated rings. The van der Waals surface area contributed by atoms with Crippen molar-refractivity contribution in [3.05, 3.63) is 57.0 Å². The molecule has 1 aliphatic heterocycles. The summed E-state index contributed by atoms with van der Waals surface area (Å²) < 4.78 is 12.1. The number of hydrogen-bond donors (Lipinski definition) is 1. The van der Waals surface area contributed by atoms with Gasteiger partial charge in [-0.05, 0) is 71.6 Å². The van der Waals surface area contributed by atoms with Crippen LogP contribution in [0.3, 0.4) is 0 Å². The van der Waals surface area contributed by atoms with Crippen molar-refractivity contribution in [2.45, 2.75) is 25.9 Å². The third-order valence-electron chi connectivity index (χ3n) is 4.09. The Hall–Kier alpha value is -1.56. The standard InChI is InChI=1S/C19H19BrClNO3/c1-12-4-6-14(21)10-17(12)22-19(23)13-5-7-18(16(20)9-13)25-11-15-3-2-8-24-15/h4-7,9-10,15H,2-3,8,11H2,1H3,(H,22,23). The highest BCUT2D eigenvalue weighted by molar-refractivity contribution is 9.10. The molecule has 1 aliphatic rings. The second-order valence-electron chi connectivity index (χ2n) is 6.00. The minimum absolute atomic E-state index is 0.153. The van der Waals surface area contributed by atoms with Crippen molar-refractivity contribution >= 4 is 39.1 Å². The number of carbonyl (C=O) groups excluding carboxylic acids is 1. The van der Waals surface area contributed by atoms with Crippen LogP contribution in [0.5, 0.6) is 5.75 Å². The van der Waals surface area contributed by atoms with Crippen LogP contribution in [0.15, 0.2) is 40.9 Å². The molecule has 25 heavy (non-hydrogen) atoms. The molecule has 6 heteroatoms. The largest absolute Gasteiger partial charge is 0.490 e. The highest BCUT2D eigenvalue weighted by Crippen LogP contribution is 2.28. The molecule has 1 saturated heterocycles. The third-order valence-corrected chi connectivity index (χ3v) is 4.95. The molecule has 0 aliphatic carbocycles. The van der Waals surface area contributed by atoms with Crippen LogP contribution in [0.2, 0.25) is 5.02 Å². The average Bonchev–Trinajstić information content (AvgIpc) is 3.10. The van der Waals surface area contributed by atoms with E-state index in [4.69, 9.17) is 21.1 Å². The van der Waals surface area contributed by atoms with Gasteiger partial charge in [-0.3, -0.25) is 4.79 Å². The molecule has 1 heterocycles. The molecule has 132 valence electrons. The Balaban J connectivity index is 1.66. The van der Waals surface area contributed by atoms with E-state index in [1.165, 1.54) is 0 Å². The van der Waals surface area contributed by atoms with Crippen LogP contribution in [0.4, 0.5) is 5.69 Å². The third kappa shape index (κ3) is 4.75. The van der Waals surface area contributed by atoms with Gasteiger partial charge in [0.05, 0.1) is 10.6 Å². The van der Waals surface area contributed by atoms with Crippen LogP contribution < -0.4 is 10.1 Å². The second-order valence-corrected chi connectivity index (χ2v) is 7.30. The van der Waals surface area contributed by atoms with Crippen LogP contribution in [-0.2, 0) is 4.74 Å². The number of ether oxygens (including phenoxy) is 2. The lowest BCUT2D eigenvalue weighted by atomic mass is 10.1. The van der Waals surface area contributed by atoms with Gasteiger partial charge >= 0.3 is 0 Å². The normalized spacial score (nSPS) is 16.7. The van der Waals surface area contributed by atoms with E-state index >= 15 is 0 Å². The minimum atomic E-state index is -0.197. The molecule has 3 rings (SSSR count). The predicted molar refractivity (Wildman–Crippen MR) is 103 cm³/mol. The molecular formula is C19H19BrClNO3. The van der Waals surface area contributed by atoms with E-state index in [1.54, 1.807) is 30.3 Å². The topological polar surface area (TPSA) is 47.6 Å². The van der Waals surface area contributed by atoms with Gasteiger partial charge in [0.1, 0.15) is 12.4 Å². The molecule has 2 aromatic rings. The van der Waals surface area contributed by atoms with E-state index in [-0.39, 0.29) is 12.0 Å². The van der Waals surface area contributed by atoms with Gasteiger partial charge in [-0.15, -0.1) is 0 Å². The summed E-state index contributed by atoms with van der Waals surface area (Å²) >= 11 is 9.46. The van der Waals surface area contributed by atoms with Gasteiger partial charge in [0.15, 0.2) is 0 Å². The maximum absolute atomic E-state index is 12.5. The second kappa shape index (κ2) is 8.21. The maximum atomic E-state index is 12.5. The lowest BCUT2D eigenvalue weighted by Gasteiger charge is -2.14. The van der Waals surface area contributed by atoms with Crippen LogP contribution in [-0.4, -0.2) is 25.2 Å². The molecule has 4 nitrogen and oxygen atoms in total. The molecule has 0 saturated carbocycles. The Morgan fingerprint density at radius 2 is 2.20 bits per heavy atom. The van der Waals surface area contributed by atoms with E-state index < -0.39 is 0 Å². The van der Waals surface area contributed by atoms with Crippen molar-refractivity contribution in [2.75, 3.05) is 18.5 Å². The van der Waals surface area contributed by atoms with Crippen LogP contribution in [0.1, 0.15) is 28.8 Å². The van der Waals surface area contributed by atoms with Gasteiger partial charge in [0, 0.05) is 22.9 Å². The van der Waals surface area contributed by atoms with Crippen molar-refractivity contribution < 1.29 is 14.3 Å². The van der Waals surface area contributed by atoms with E-state index in [2.05, 4.69) is 21.2 Å². The molecule has 1 N–H and O–H groups in total. The Morgan fingerprint density at radius 1 is 1.36 bits per heavy atom. The first-order valence-corrected chi connectivity index (χ1v) is 9.31. The monoisotopic (exact) mass is 423 g/mol. The van der Waals surface area contributed by atoms with E-state index in [0.29, 0.717) is 28.6 Å². The average molecular weight is 425 g/mol. The zero-order valence-corrected chi connectivity index (χ0v) is 16.2. The highest BCUT2D eigenvalue weighted by Gasteiger charge is 2.17. The maximum Gasteiger partial charge on any atom is 0.255 e. The van der Waals surface area contributed by atoms with Crippen LogP contribution in [0, 0.1) is 6.92 Å². The summed E-state index contributed by atoms with van der Waals surface area (Å²) in [5.41, 5.74) is 2.19. The SMILES string of the molecule is Cc1ccc(Cl)cc1NC(=O)c1ccc(OCC2CCCO2)c(Br)c1. The van der Waals surface area contributed by atoms with Gasteiger partial charge in [-0.1, -0.05) is 17.7 Å². The Morgan fingerprint density at radius 3 is 2.92 bits per heavy atom. The zero-order valence-electron chi connectivity index (χ0n) is 13.9.